The van der Waals surface area contributed by atoms with Crippen molar-refractivity contribution >= 4 is 0 Å². The predicted octanol–water partition coefficient (Wildman–Crippen LogP) is 2.60. The molecule has 0 spiro atoms. The molecule has 0 aliphatic heterocycles. The average molecular weight is 138 g/mol. The molecule has 0 heteroatoms. The minimum Gasteiger partial charge on any atom is -0.0619 e. The van der Waals surface area contributed by atoms with Crippen molar-refractivity contribution in [2.75, 3.05) is 0 Å². The minimum atomic E-state index is 0.751. The van der Waals surface area contributed by atoms with Gasteiger partial charge in [-0.15, -0.1) is 0 Å². The van der Waals surface area contributed by atoms with E-state index in [-0.39, 0.29) is 0 Å². The van der Waals surface area contributed by atoms with E-state index in [0.29, 0.717) is 0 Å². The second-order valence-corrected chi connectivity index (χ2v) is 3.45. The van der Waals surface area contributed by atoms with Gasteiger partial charge in [0.1, 0.15) is 0 Å². The van der Waals surface area contributed by atoms with E-state index in [4.69, 9.17) is 0 Å². The molecule has 50 valence electrons. The fourth-order valence-electron chi connectivity index (χ4n) is 2.48. The van der Waals surface area contributed by atoms with Crippen molar-refractivity contribution in [1.82, 2.24) is 0 Å². The largest absolute Gasteiger partial charge is 0.0619 e. The quantitative estimate of drug-likeness (QED) is 0.350. The zero-order valence-electron chi connectivity index (χ0n) is 5.96. The highest BCUT2D eigenvalue weighted by Crippen LogP contribution is 2.65. The lowest BCUT2D eigenvalue weighted by Crippen LogP contribution is -1.68. The fraction of sp³-hybridized carbons (Fsp3) is 0.0909. The maximum atomic E-state index is 2.35. The smallest absolute Gasteiger partial charge is 0.0358 e. The summed E-state index contributed by atoms with van der Waals surface area (Å²) in [5, 5.41) is 0. The van der Waals surface area contributed by atoms with Gasteiger partial charge in [-0.3, -0.25) is 0 Å². The Labute approximate surface area is 64.8 Å². The molecule has 0 amide bonds. The topological polar surface area (TPSA) is 0 Å². The van der Waals surface area contributed by atoms with Crippen LogP contribution in [0.15, 0.2) is 30.3 Å². The molecule has 0 nitrogen and oxygen atoms in total. The van der Waals surface area contributed by atoms with E-state index in [9.17, 15) is 0 Å². The summed E-state index contributed by atoms with van der Waals surface area (Å²) in [6.45, 7) is 0. The predicted molar refractivity (Wildman–Crippen MR) is 44.0 cm³/mol. The third kappa shape index (κ3) is 0.306. The zero-order chi connectivity index (χ0) is 7.00. The first-order valence-corrected chi connectivity index (χ1v) is 4.02. The van der Waals surface area contributed by atoms with Gasteiger partial charge in [0.15, 0.2) is 0 Å². The molecule has 0 radical (unpaired) electrons. The van der Waals surface area contributed by atoms with Crippen LogP contribution in [-0.4, -0.2) is 0 Å². The van der Waals surface area contributed by atoms with Crippen LogP contribution >= 0.6 is 0 Å². The molecule has 1 atom stereocenters. The van der Waals surface area contributed by atoms with Gasteiger partial charge < -0.3 is 0 Å². The molecule has 11 heavy (non-hydrogen) atoms. The maximum absolute atomic E-state index is 2.35. The summed E-state index contributed by atoms with van der Waals surface area (Å²) < 4.78 is 0. The van der Waals surface area contributed by atoms with Crippen LogP contribution in [0.3, 0.4) is 0 Å². The third-order valence-corrected chi connectivity index (χ3v) is 2.98. The fourth-order valence-corrected chi connectivity index (χ4v) is 2.48. The van der Waals surface area contributed by atoms with Crippen molar-refractivity contribution < 1.29 is 0 Å². The van der Waals surface area contributed by atoms with Gasteiger partial charge in [-0.05, 0) is 33.9 Å². The van der Waals surface area contributed by atoms with Crippen LogP contribution in [0.2, 0.25) is 0 Å². The monoisotopic (exact) mass is 138 g/mol. The summed E-state index contributed by atoms with van der Waals surface area (Å²) in [4.78, 5) is 0. The van der Waals surface area contributed by atoms with E-state index in [2.05, 4.69) is 30.3 Å². The lowest BCUT2D eigenvalue weighted by atomic mass is 10.2. The van der Waals surface area contributed by atoms with Crippen molar-refractivity contribution in [1.29, 1.82) is 0 Å². The van der Waals surface area contributed by atoms with Crippen LogP contribution in [0.1, 0.15) is 22.6 Å². The molecule has 0 saturated carbocycles. The van der Waals surface area contributed by atoms with Gasteiger partial charge in [-0.25, -0.2) is 0 Å². The van der Waals surface area contributed by atoms with Gasteiger partial charge >= 0.3 is 0 Å². The molecule has 5 aliphatic carbocycles. The summed E-state index contributed by atoms with van der Waals surface area (Å²) in [7, 11) is 0. The van der Waals surface area contributed by atoms with Crippen LogP contribution < -0.4 is 0 Å². The summed E-state index contributed by atoms with van der Waals surface area (Å²) in [5.41, 5.74) is 7.78. The first-order chi connectivity index (χ1) is 5.47. The lowest BCUT2D eigenvalue weighted by Gasteiger charge is -1.87. The second-order valence-electron chi connectivity index (χ2n) is 3.45. The Hall–Kier alpha value is -1.30. The second kappa shape index (κ2) is 1.10. The Bertz CT molecular complexity index is 454. The molecule has 0 saturated heterocycles. The molecule has 5 aliphatic rings. The molecule has 6 bridgehead atoms. The Balaban J connectivity index is 2.39. The van der Waals surface area contributed by atoms with Gasteiger partial charge in [-0.1, -0.05) is 24.3 Å². The van der Waals surface area contributed by atoms with Crippen molar-refractivity contribution in [3.05, 3.63) is 47.0 Å². The molecule has 5 rings (SSSR count). The van der Waals surface area contributed by atoms with Crippen LogP contribution in [0.4, 0.5) is 0 Å². The molecule has 0 aromatic heterocycles. The molecule has 0 aromatic rings. The molecular formula is C11H6. The van der Waals surface area contributed by atoms with Gasteiger partial charge in [0, 0.05) is 5.92 Å². The van der Waals surface area contributed by atoms with E-state index >= 15 is 0 Å². The van der Waals surface area contributed by atoms with Crippen molar-refractivity contribution in [2.45, 2.75) is 5.92 Å². The SMILES string of the molecule is c1ccc2c3cc4c(c-3c1)C24. The Morgan fingerprint density at radius 3 is 2.73 bits per heavy atom. The molecular weight excluding hydrogens is 132 g/mol. The van der Waals surface area contributed by atoms with E-state index in [1.165, 1.54) is 11.1 Å². The Kier molecular flexibility index (Phi) is 0.453. The maximum Gasteiger partial charge on any atom is 0.0358 e. The summed E-state index contributed by atoms with van der Waals surface area (Å²) in [6.07, 6.45) is 0. The minimum absolute atomic E-state index is 0.751. The van der Waals surface area contributed by atoms with Crippen LogP contribution in [0.25, 0.3) is 11.1 Å². The van der Waals surface area contributed by atoms with E-state index in [1.807, 2.05) is 0 Å². The van der Waals surface area contributed by atoms with Gasteiger partial charge in [0.25, 0.3) is 0 Å². The molecule has 0 heterocycles. The third-order valence-electron chi connectivity index (χ3n) is 2.98. The summed E-state index contributed by atoms with van der Waals surface area (Å²) in [5.74, 6) is 0.751. The van der Waals surface area contributed by atoms with Crippen LogP contribution in [-0.2, 0) is 0 Å². The van der Waals surface area contributed by atoms with Gasteiger partial charge in [0.2, 0.25) is 0 Å². The molecule has 1 unspecified atom stereocenters. The highest BCUT2D eigenvalue weighted by Gasteiger charge is 2.47. The standard InChI is InChI=1S/C11H6/c1-2-4-7-8-5-9-10(11(7)9)6(8)3-1/h1-5,10H. The van der Waals surface area contributed by atoms with Gasteiger partial charge in [0.05, 0.1) is 0 Å². The highest BCUT2D eigenvalue weighted by atomic mass is 14.5. The Morgan fingerprint density at radius 2 is 1.82 bits per heavy atom. The molecule has 0 aromatic carbocycles. The average Bonchev–Trinajstić information content (AvgIpc) is 2.27. The van der Waals surface area contributed by atoms with Crippen molar-refractivity contribution in [3.8, 4) is 11.1 Å². The molecule has 0 N–H and O–H groups in total. The van der Waals surface area contributed by atoms with Crippen molar-refractivity contribution in [2.24, 2.45) is 0 Å². The number of rotatable bonds is 0. The first kappa shape index (κ1) is 4.55. The number of hydrogen-bond donors (Lipinski definition) is 0. The van der Waals surface area contributed by atoms with Gasteiger partial charge in [-0.2, -0.15) is 0 Å². The normalized spacial score (nSPS) is 21.6. The Morgan fingerprint density at radius 1 is 0.909 bits per heavy atom. The highest BCUT2D eigenvalue weighted by molar-refractivity contribution is 5.94. The van der Waals surface area contributed by atoms with Crippen molar-refractivity contribution in [3.63, 3.8) is 0 Å². The zero-order valence-corrected chi connectivity index (χ0v) is 5.96. The summed E-state index contributed by atoms with van der Waals surface area (Å²) in [6, 6.07) is 11.1. The summed E-state index contributed by atoms with van der Waals surface area (Å²) >= 11 is 0. The van der Waals surface area contributed by atoms with E-state index in [1.54, 1.807) is 16.7 Å². The number of hydrogen-bond acceptors (Lipinski definition) is 0. The van der Waals surface area contributed by atoms with E-state index < -0.39 is 0 Å². The van der Waals surface area contributed by atoms with Crippen LogP contribution in [0, 0.1) is 0 Å². The first-order valence-electron chi connectivity index (χ1n) is 4.02. The molecule has 0 fully saturated rings. The van der Waals surface area contributed by atoms with E-state index in [0.717, 1.165) is 5.92 Å². The van der Waals surface area contributed by atoms with Crippen LogP contribution in [0.5, 0.6) is 0 Å². The lowest BCUT2D eigenvalue weighted by molar-refractivity contribution is 1.28.